The Kier molecular flexibility index (Phi) is 8.51. The van der Waals surface area contributed by atoms with Crippen molar-refractivity contribution in [1.82, 2.24) is 10.2 Å². The number of nitrogens with zero attached hydrogens (tertiary/aromatic N) is 1. The van der Waals surface area contributed by atoms with E-state index in [9.17, 15) is 9.90 Å². The van der Waals surface area contributed by atoms with Crippen LogP contribution in [0.2, 0.25) is 0 Å². The predicted octanol–water partition coefficient (Wildman–Crippen LogP) is 4.91. The van der Waals surface area contributed by atoms with Crippen molar-refractivity contribution >= 4 is 11.5 Å². The van der Waals surface area contributed by atoms with Crippen LogP contribution in [0.4, 0.5) is 0 Å². The van der Waals surface area contributed by atoms with Crippen LogP contribution in [0.5, 0.6) is 0 Å². The Morgan fingerprint density at radius 1 is 0.971 bits per heavy atom. The van der Waals surface area contributed by atoms with Crippen molar-refractivity contribution in [3.05, 3.63) is 112 Å². The van der Waals surface area contributed by atoms with Gasteiger partial charge in [0.1, 0.15) is 0 Å². The summed E-state index contributed by atoms with van der Waals surface area (Å²) in [5.74, 6) is -0.0417. The lowest BCUT2D eigenvalue weighted by molar-refractivity contribution is -0.126. The molecule has 0 aromatic heterocycles. The minimum atomic E-state index is -0.363. The number of benzene rings is 3. The topological polar surface area (TPSA) is 52.6 Å². The molecule has 0 fully saturated rings. The first-order valence-corrected chi connectivity index (χ1v) is 12.6. The Balaban J connectivity index is 1.45. The van der Waals surface area contributed by atoms with Crippen LogP contribution >= 0.6 is 0 Å². The first kappa shape index (κ1) is 24.9. The van der Waals surface area contributed by atoms with Gasteiger partial charge in [-0.2, -0.15) is 0 Å². The lowest BCUT2D eigenvalue weighted by Gasteiger charge is -2.26. The smallest absolute Gasteiger partial charge is 0.237 e. The molecule has 0 heterocycles. The maximum absolute atomic E-state index is 13.0. The summed E-state index contributed by atoms with van der Waals surface area (Å²) in [5.41, 5.74) is 8.94. The zero-order chi connectivity index (χ0) is 24.6. The van der Waals surface area contributed by atoms with Crippen LogP contribution in [0.15, 0.2) is 78.9 Å². The van der Waals surface area contributed by atoms with E-state index in [1.54, 1.807) is 0 Å². The van der Waals surface area contributed by atoms with E-state index >= 15 is 0 Å². The van der Waals surface area contributed by atoms with Gasteiger partial charge in [0.25, 0.3) is 0 Å². The quantitative estimate of drug-likeness (QED) is 0.469. The molecule has 4 nitrogen and oxygen atoms in total. The number of fused-ring (bicyclic) bond motifs is 2. The lowest BCUT2D eigenvalue weighted by Crippen LogP contribution is -2.45. The van der Waals surface area contributed by atoms with Crippen molar-refractivity contribution in [2.45, 2.75) is 45.2 Å². The van der Waals surface area contributed by atoms with E-state index in [4.69, 9.17) is 0 Å². The van der Waals surface area contributed by atoms with Crippen LogP contribution in [-0.2, 0) is 24.2 Å². The summed E-state index contributed by atoms with van der Waals surface area (Å²) in [6.07, 6.45) is 5.65. The highest BCUT2D eigenvalue weighted by atomic mass is 16.3. The van der Waals surface area contributed by atoms with Gasteiger partial charge in [-0.25, -0.2) is 0 Å². The Morgan fingerprint density at radius 2 is 1.57 bits per heavy atom. The van der Waals surface area contributed by atoms with Crippen LogP contribution < -0.4 is 5.32 Å². The van der Waals surface area contributed by atoms with Crippen LogP contribution in [0, 0.1) is 6.92 Å². The van der Waals surface area contributed by atoms with Gasteiger partial charge in [0, 0.05) is 19.7 Å². The minimum absolute atomic E-state index is 0.0190. The maximum atomic E-state index is 13.0. The van der Waals surface area contributed by atoms with Crippen molar-refractivity contribution in [2.75, 3.05) is 20.2 Å². The fourth-order valence-corrected chi connectivity index (χ4v) is 4.89. The van der Waals surface area contributed by atoms with E-state index in [1.807, 2.05) is 19.2 Å². The Bertz CT molecular complexity index is 1120. The average molecular weight is 469 g/mol. The number of likely N-dealkylation sites (N-methyl/N-ethyl adjacent to an activating group) is 1. The summed E-state index contributed by atoms with van der Waals surface area (Å²) in [6, 6.07) is 25.2. The van der Waals surface area contributed by atoms with E-state index in [2.05, 4.69) is 83.9 Å². The number of carbonyl (C=O) groups is 1. The SMILES string of the molecule is Cc1ccc(CNC(=O)C(CCO)N(C)CCC=C2c3ccccc3CCc3ccccc32)cc1. The van der Waals surface area contributed by atoms with Gasteiger partial charge in [0.2, 0.25) is 5.91 Å². The molecule has 0 radical (unpaired) electrons. The standard InChI is InChI=1S/C31H36N2O2/c1-23-13-15-24(16-14-23)22-32-31(35)30(19-21-34)33(2)20-7-12-29-27-10-5-3-8-25(27)17-18-26-9-4-6-11-28(26)29/h3-6,8-16,30,34H,7,17-22H2,1-2H3,(H,32,35). The second-order valence-corrected chi connectivity index (χ2v) is 9.43. The molecule has 182 valence electrons. The monoisotopic (exact) mass is 468 g/mol. The summed E-state index contributed by atoms with van der Waals surface area (Å²) in [5, 5.41) is 12.7. The number of amides is 1. The summed E-state index contributed by atoms with van der Waals surface area (Å²) in [6.45, 7) is 3.26. The lowest BCUT2D eigenvalue weighted by atomic mass is 9.93. The average Bonchev–Trinajstić information content (AvgIpc) is 3.04. The van der Waals surface area contributed by atoms with E-state index in [1.165, 1.54) is 33.4 Å². The summed E-state index contributed by atoms with van der Waals surface area (Å²) < 4.78 is 0. The largest absolute Gasteiger partial charge is 0.396 e. The molecule has 1 atom stereocenters. The number of aryl methyl sites for hydroxylation is 3. The van der Waals surface area contributed by atoms with E-state index in [0.717, 1.165) is 31.4 Å². The van der Waals surface area contributed by atoms with Crippen molar-refractivity contribution in [1.29, 1.82) is 0 Å². The van der Waals surface area contributed by atoms with Gasteiger partial charge < -0.3 is 10.4 Å². The fraction of sp³-hybridized carbons (Fsp3) is 0.323. The maximum Gasteiger partial charge on any atom is 0.237 e. The highest BCUT2D eigenvalue weighted by Crippen LogP contribution is 2.33. The first-order valence-electron chi connectivity index (χ1n) is 12.6. The van der Waals surface area contributed by atoms with Gasteiger partial charge in [0.05, 0.1) is 6.04 Å². The van der Waals surface area contributed by atoms with Crippen LogP contribution in [0.25, 0.3) is 5.57 Å². The molecule has 3 aromatic carbocycles. The van der Waals surface area contributed by atoms with E-state index < -0.39 is 0 Å². The molecule has 35 heavy (non-hydrogen) atoms. The number of hydrogen-bond acceptors (Lipinski definition) is 3. The second-order valence-electron chi connectivity index (χ2n) is 9.43. The number of nitrogens with one attached hydrogen (secondary N) is 1. The second kappa shape index (κ2) is 12.0. The molecule has 1 amide bonds. The van der Waals surface area contributed by atoms with E-state index in [0.29, 0.717) is 13.0 Å². The molecule has 2 N–H and O–H groups in total. The predicted molar refractivity (Wildman–Crippen MR) is 143 cm³/mol. The molecule has 1 aliphatic rings. The zero-order valence-electron chi connectivity index (χ0n) is 20.8. The number of aliphatic hydroxyl groups excluding tert-OH is 1. The Hall–Kier alpha value is -3.21. The molecule has 1 aliphatic carbocycles. The molecular weight excluding hydrogens is 432 g/mol. The Labute approximate surface area is 209 Å². The first-order chi connectivity index (χ1) is 17.1. The Morgan fingerprint density at radius 3 is 2.17 bits per heavy atom. The highest BCUT2D eigenvalue weighted by molar-refractivity contribution is 5.84. The fourth-order valence-electron chi connectivity index (χ4n) is 4.89. The summed E-state index contributed by atoms with van der Waals surface area (Å²) in [7, 11) is 1.97. The molecule has 0 aliphatic heterocycles. The van der Waals surface area contributed by atoms with Gasteiger partial charge >= 0.3 is 0 Å². The molecule has 4 heteroatoms. The minimum Gasteiger partial charge on any atom is -0.396 e. The van der Waals surface area contributed by atoms with Gasteiger partial charge in [-0.1, -0.05) is 84.4 Å². The summed E-state index contributed by atoms with van der Waals surface area (Å²) >= 11 is 0. The third-order valence-electron chi connectivity index (χ3n) is 6.93. The third kappa shape index (κ3) is 6.27. The van der Waals surface area contributed by atoms with Crippen molar-refractivity contribution in [3.63, 3.8) is 0 Å². The van der Waals surface area contributed by atoms with Gasteiger partial charge in [0.15, 0.2) is 0 Å². The third-order valence-corrected chi connectivity index (χ3v) is 6.93. The van der Waals surface area contributed by atoms with Gasteiger partial charge in [-0.3, -0.25) is 9.69 Å². The van der Waals surface area contributed by atoms with Gasteiger partial charge in [-0.05, 0) is 73.0 Å². The molecule has 1 unspecified atom stereocenters. The normalized spacial score (nSPS) is 13.5. The number of rotatable bonds is 9. The van der Waals surface area contributed by atoms with Gasteiger partial charge in [-0.15, -0.1) is 0 Å². The molecule has 3 aromatic rings. The molecule has 4 rings (SSSR count). The van der Waals surface area contributed by atoms with Crippen molar-refractivity contribution in [3.8, 4) is 0 Å². The zero-order valence-corrected chi connectivity index (χ0v) is 20.8. The summed E-state index contributed by atoms with van der Waals surface area (Å²) in [4.78, 5) is 15.0. The highest BCUT2D eigenvalue weighted by Gasteiger charge is 2.22. The van der Waals surface area contributed by atoms with Crippen LogP contribution in [-0.4, -0.2) is 42.2 Å². The van der Waals surface area contributed by atoms with Crippen LogP contribution in [0.3, 0.4) is 0 Å². The van der Waals surface area contributed by atoms with E-state index in [-0.39, 0.29) is 18.6 Å². The molecule has 0 saturated carbocycles. The number of aliphatic hydroxyl groups is 1. The molecule has 0 spiro atoms. The van der Waals surface area contributed by atoms with Crippen LogP contribution in [0.1, 0.15) is 46.2 Å². The van der Waals surface area contributed by atoms with Crippen molar-refractivity contribution in [2.24, 2.45) is 0 Å². The molecule has 0 bridgehead atoms. The molecule has 0 saturated heterocycles. The molecular formula is C31H36N2O2. The number of carbonyl (C=O) groups excluding carboxylic acids is 1. The number of hydrogen-bond donors (Lipinski definition) is 2. The van der Waals surface area contributed by atoms with Crippen molar-refractivity contribution < 1.29 is 9.90 Å².